The van der Waals surface area contributed by atoms with E-state index in [2.05, 4.69) is 0 Å². The van der Waals surface area contributed by atoms with E-state index < -0.39 is 0 Å². The molecule has 1 unspecified atom stereocenters. The van der Waals surface area contributed by atoms with Crippen molar-refractivity contribution in [2.45, 2.75) is 26.2 Å². The molecule has 0 radical (unpaired) electrons. The first-order valence-electron chi connectivity index (χ1n) is 7.62. The van der Waals surface area contributed by atoms with Crippen molar-refractivity contribution >= 4 is 11.8 Å². The van der Waals surface area contributed by atoms with Gasteiger partial charge in [0.1, 0.15) is 11.5 Å². The Morgan fingerprint density at radius 1 is 1.39 bits per heavy atom. The summed E-state index contributed by atoms with van der Waals surface area (Å²) in [5.41, 5.74) is 7.15. The van der Waals surface area contributed by atoms with Crippen LogP contribution in [0.5, 0.6) is 11.5 Å². The van der Waals surface area contributed by atoms with Crippen LogP contribution < -0.4 is 15.2 Å². The van der Waals surface area contributed by atoms with Crippen molar-refractivity contribution in [1.29, 1.82) is 0 Å². The third kappa shape index (κ3) is 2.54. The Morgan fingerprint density at radius 2 is 2.13 bits per heavy atom. The fraction of sp³-hybridized carbons (Fsp3) is 0.412. The lowest BCUT2D eigenvalue weighted by Gasteiger charge is -2.36. The largest absolute Gasteiger partial charge is 0.497 e. The van der Waals surface area contributed by atoms with E-state index in [4.69, 9.17) is 15.2 Å². The van der Waals surface area contributed by atoms with Crippen molar-refractivity contribution < 1.29 is 19.1 Å². The summed E-state index contributed by atoms with van der Waals surface area (Å²) in [5, 5.41) is 0. The number of hydrogen-bond donors (Lipinski definition) is 1. The zero-order valence-corrected chi connectivity index (χ0v) is 13.5. The number of likely N-dealkylation sites (tertiary alicyclic amines) is 1. The van der Waals surface area contributed by atoms with Gasteiger partial charge in [-0.15, -0.1) is 0 Å². The van der Waals surface area contributed by atoms with Crippen LogP contribution in [0.3, 0.4) is 0 Å². The first kappa shape index (κ1) is 15.4. The molecule has 0 aromatic heterocycles. The fourth-order valence-electron chi connectivity index (χ4n) is 3.08. The average Bonchev–Trinajstić information content (AvgIpc) is 2.50. The van der Waals surface area contributed by atoms with Crippen molar-refractivity contribution in [3.05, 3.63) is 35.2 Å². The number of carbonyl (C=O) groups is 2. The number of methoxy groups -OCH3 is 1. The molecule has 2 aliphatic heterocycles. The molecule has 122 valence electrons. The van der Waals surface area contributed by atoms with E-state index in [-0.39, 0.29) is 36.0 Å². The van der Waals surface area contributed by atoms with Crippen molar-refractivity contribution in [1.82, 2.24) is 4.90 Å². The second kappa shape index (κ2) is 5.61. The number of ether oxygens (including phenoxy) is 2. The number of amides is 2. The summed E-state index contributed by atoms with van der Waals surface area (Å²) < 4.78 is 10.8. The zero-order valence-electron chi connectivity index (χ0n) is 13.5. The molecule has 0 aliphatic carbocycles. The quantitative estimate of drug-likeness (QED) is 0.859. The smallest absolute Gasteiger partial charge is 0.262 e. The summed E-state index contributed by atoms with van der Waals surface area (Å²) in [6, 6.07) is 5.33. The number of hydrogen-bond acceptors (Lipinski definition) is 5. The minimum absolute atomic E-state index is 0.0713. The zero-order chi connectivity index (χ0) is 16.7. The molecular formula is C17H20N2O4. The summed E-state index contributed by atoms with van der Waals surface area (Å²) in [6.07, 6.45) is 0.219. The molecular weight excluding hydrogens is 296 g/mol. The second-order valence-corrected chi connectivity index (χ2v) is 6.24. The van der Waals surface area contributed by atoms with Gasteiger partial charge in [-0.25, -0.2) is 0 Å². The lowest BCUT2D eigenvalue weighted by Crippen LogP contribution is -2.47. The maximum absolute atomic E-state index is 12.7. The molecule has 1 atom stereocenters. The molecule has 6 nitrogen and oxygen atoms in total. The topological polar surface area (TPSA) is 81.9 Å². The van der Waals surface area contributed by atoms with Gasteiger partial charge in [0.05, 0.1) is 12.7 Å². The van der Waals surface area contributed by atoms with E-state index in [1.165, 1.54) is 4.90 Å². The summed E-state index contributed by atoms with van der Waals surface area (Å²) in [4.78, 5) is 26.4. The Balaban J connectivity index is 2.02. The van der Waals surface area contributed by atoms with E-state index in [0.29, 0.717) is 23.6 Å². The highest BCUT2D eigenvalue weighted by Gasteiger charge is 2.43. The lowest BCUT2D eigenvalue weighted by atomic mass is 9.82. The molecule has 2 amide bonds. The lowest BCUT2D eigenvalue weighted by molar-refractivity contribution is -0.146. The number of rotatable bonds is 3. The Morgan fingerprint density at radius 3 is 2.78 bits per heavy atom. The second-order valence-electron chi connectivity index (χ2n) is 6.24. The van der Waals surface area contributed by atoms with Gasteiger partial charge in [0, 0.05) is 30.5 Å². The van der Waals surface area contributed by atoms with Gasteiger partial charge in [-0.1, -0.05) is 19.9 Å². The van der Waals surface area contributed by atoms with Gasteiger partial charge in [0.15, 0.2) is 5.88 Å². The van der Waals surface area contributed by atoms with Gasteiger partial charge in [-0.05, 0) is 12.0 Å². The monoisotopic (exact) mass is 316 g/mol. The predicted molar refractivity (Wildman–Crippen MR) is 83.8 cm³/mol. The van der Waals surface area contributed by atoms with Gasteiger partial charge in [0.2, 0.25) is 5.91 Å². The van der Waals surface area contributed by atoms with Crippen LogP contribution in [0.4, 0.5) is 0 Å². The van der Waals surface area contributed by atoms with E-state index in [0.717, 1.165) is 5.56 Å². The number of nitrogens with two attached hydrogens (primary N) is 1. The molecule has 1 aromatic rings. The van der Waals surface area contributed by atoms with Crippen LogP contribution >= 0.6 is 0 Å². The Bertz CT molecular complexity index is 709. The average molecular weight is 316 g/mol. The molecule has 3 rings (SSSR count). The van der Waals surface area contributed by atoms with Crippen LogP contribution in [-0.4, -0.2) is 30.4 Å². The molecule has 2 aliphatic rings. The third-order valence-electron chi connectivity index (χ3n) is 4.13. The van der Waals surface area contributed by atoms with Crippen LogP contribution in [0.2, 0.25) is 0 Å². The summed E-state index contributed by atoms with van der Waals surface area (Å²) in [5.74, 6) is 0.564. The van der Waals surface area contributed by atoms with Gasteiger partial charge < -0.3 is 15.2 Å². The van der Waals surface area contributed by atoms with Crippen LogP contribution in [0.25, 0.3) is 0 Å². The summed E-state index contributed by atoms with van der Waals surface area (Å²) in [7, 11) is 1.56. The molecule has 1 fully saturated rings. The summed E-state index contributed by atoms with van der Waals surface area (Å²) >= 11 is 0. The van der Waals surface area contributed by atoms with E-state index in [1.807, 2.05) is 19.9 Å². The Kier molecular flexibility index (Phi) is 3.75. The van der Waals surface area contributed by atoms with Crippen LogP contribution in [0, 0.1) is 5.92 Å². The molecule has 0 saturated carbocycles. The first-order chi connectivity index (χ1) is 10.9. The molecule has 6 heteroatoms. The normalized spacial score (nSPS) is 20.3. The van der Waals surface area contributed by atoms with Crippen LogP contribution in [0.1, 0.15) is 31.7 Å². The maximum atomic E-state index is 12.7. The molecule has 23 heavy (non-hydrogen) atoms. The number of benzene rings is 1. The van der Waals surface area contributed by atoms with Crippen molar-refractivity contribution in [3.8, 4) is 11.5 Å². The van der Waals surface area contributed by atoms with Gasteiger partial charge in [-0.3, -0.25) is 14.5 Å². The molecule has 0 spiro atoms. The highest BCUT2D eigenvalue weighted by Crippen LogP contribution is 2.44. The molecule has 0 bridgehead atoms. The number of piperidine rings is 1. The van der Waals surface area contributed by atoms with Crippen LogP contribution in [0.15, 0.2) is 29.7 Å². The van der Waals surface area contributed by atoms with E-state index in [1.54, 1.807) is 19.2 Å². The fourth-order valence-corrected chi connectivity index (χ4v) is 3.08. The SMILES string of the molecule is COc1ccc2c(c1)OC(N)=C1C(=O)N(CC(C)C)C(=O)CC12. The number of imide groups is 1. The van der Waals surface area contributed by atoms with Crippen molar-refractivity contribution in [2.24, 2.45) is 11.7 Å². The minimum atomic E-state index is -0.354. The Labute approximate surface area is 134 Å². The van der Waals surface area contributed by atoms with Crippen molar-refractivity contribution in [2.75, 3.05) is 13.7 Å². The highest BCUT2D eigenvalue weighted by molar-refractivity contribution is 6.09. The van der Waals surface area contributed by atoms with Crippen LogP contribution in [-0.2, 0) is 9.59 Å². The van der Waals surface area contributed by atoms with Crippen molar-refractivity contribution in [3.63, 3.8) is 0 Å². The maximum Gasteiger partial charge on any atom is 0.262 e. The van der Waals surface area contributed by atoms with Gasteiger partial charge in [0.25, 0.3) is 5.91 Å². The highest BCUT2D eigenvalue weighted by atomic mass is 16.5. The molecule has 1 aromatic carbocycles. The summed E-state index contributed by atoms with van der Waals surface area (Å²) in [6.45, 7) is 4.31. The minimum Gasteiger partial charge on any atom is -0.497 e. The van der Waals surface area contributed by atoms with Gasteiger partial charge in [-0.2, -0.15) is 0 Å². The predicted octanol–water partition coefficient (Wildman–Crippen LogP) is 1.76. The van der Waals surface area contributed by atoms with E-state index in [9.17, 15) is 9.59 Å². The molecule has 1 saturated heterocycles. The standard InChI is InChI=1S/C17H20N2O4/c1-9(2)8-19-14(20)7-12-11-5-4-10(22-3)6-13(11)23-16(18)15(12)17(19)21/h4-6,9,12H,7-8,18H2,1-3H3. The van der Waals surface area contributed by atoms with Gasteiger partial charge >= 0.3 is 0 Å². The van der Waals surface area contributed by atoms with E-state index >= 15 is 0 Å². The number of nitrogens with zero attached hydrogens (tertiary/aromatic N) is 1. The first-order valence-corrected chi connectivity index (χ1v) is 7.62. The number of carbonyl (C=O) groups excluding carboxylic acids is 2. The number of fused-ring (bicyclic) bond motifs is 3. The molecule has 2 N–H and O–H groups in total. The third-order valence-corrected chi connectivity index (χ3v) is 4.13. The Hall–Kier alpha value is -2.50. The molecule has 2 heterocycles.